The number of hydrogen-bond acceptors (Lipinski definition) is 3. The predicted molar refractivity (Wildman–Crippen MR) is 78.5 cm³/mol. The Morgan fingerprint density at radius 1 is 1.08 bits per heavy atom. The Kier molecular flexibility index (Phi) is 4.04. The first-order chi connectivity index (χ1) is 11.3. The van der Waals surface area contributed by atoms with Crippen LogP contribution in [-0.2, 0) is 12.7 Å². The molecule has 0 unspecified atom stereocenters. The lowest BCUT2D eigenvalue weighted by atomic mass is 10.1. The van der Waals surface area contributed by atoms with Crippen LogP contribution in [0.1, 0.15) is 17.2 Å². The first-order valence-electron chi connectivity index (χ1n) is 7.00. The SMILES string of the molecule is Cc1cc(-c2cnc(C(F)(F)F)nc2)cc(Cn2ccc(F)c2)n1. The van der Waals surface area contributed by atoms with Crippen LogP contribution in [0, 0.1) is 12.7 Å². The Labute approximate surface area is 134 Å². The zero-order valence-electron chi connectivity index (χ0n) is 12.5. The van der Waals surface area contributed by atoms with Crippen LogP contribution in [0.3, 0.4) is 0 Å². The van der Waals surface area contributed by atoms with Gasteiger partial charge in [0.05, 0.1) is 12.2 Å². The second-order valence-electron chi connectivity index (χ2n) is 5.28. The number of aromatic nitrogens is 4. The van der Waals surface area contributed by atoms with Crippen molar-refractivity contribution in [2.45, 2.75) is 19.6 Å². The highest BCUT2D eigenvalue weighted by molar-refractivity contribution is 5.62. The molecule has 0 saturated carbocycles. The maximum absolute atomic E-state index is 13.0. The van der Waals surface area contributed by atoms with Crippen LogP contribution in [0.4, 0.5) is 17.6 Å². The molecule has 0 N–H and O–H groups in total. The van der Waals surface area contributed by atoms with Gasteiger partial charge in [0, 0.05) is 36.0 Å². The third-order valence-electron chi connectivity index (χ3n) is 3.30. The summed E-state index contributed by atoms with van der Waals surface area (Å²) in [5.74, 6) is -1.53. The van der Waals surface area contributed by atoms with Crippen molar-refractivity contribution >= 4 is 0 Å². The Hall–Kier alpha value is -2.77. The van der Waals surface area contributed by atoms with Crippen molar-refractivity contribution in [3.8, 4) is 11.1 Å². The lowest BCUT2D eigenvalue weighted by Gasteiger charge is -2.09. The van der Waals surface area contributed by atoms with Crippen molar-refractivity contribution < 1.29 is 17.6 Å². The van der Waals surface area contributed by atoms with Crippen LogP contribution in [0.25, 0.3) is 11.1 Å². The maximum atomic E-state index is 13.0. The van der Waals surface area contributed by atoms with Gasteiger partial charge in [-0.3, -0.25) is 4.98 Å². The van der Waals surface area contributed by atoms with Gasteiger partial charge in [-0.1, -0.05) is 0 Å². The first-order valence-corrected chi connectivity index (χ1v) is 7.00. The van der Waals surface area contributed by atoms with Crippen molar-refractivity contribution in [2.24, 2.45) is 0 Å². The highest BCUT2D eigenvalue weighted by atomic mass is 19.4. The van der Waals surface area contributed by atoms with Gasteiger partial charge in [0.15, 0.2) is 0 Å². The second kappa shape index (κ2) is 6.03. The van der Waals surface area contributed by atoms with Gasteiger partial charge in [-0.25, -0.2) is 14.4 Å². The number of aryl methyl sites for hydroxylation is 1. The van der Waals surface area contributed by atoms with Crippen molar-refractivity contribution in [1.82, 2.24) is 19.5 Å². The third kappa shape index (κ3) is 3.58. The highest BCUT2D eigenvalue weighted by Gasteiger charge is 2.34. The molecule has 0 aliphatic rings. The number of alkyl halides is 3. The van der Waals surface area contributed by atoms with E-state index in [1.165, 1.54) is 12.3 Å². The minimum absolute atomic E-state index is 0.347. The van der Waals surface area contributed by atoms with Gasteiger partial charge in [-0.2, -0.15) is 13.2 Å². The van der Waals surface area contributed by atoms with Crippen LogP contribution in [-0.4, -0.2) is 19.5 Å². The molecule has 0 aliphatic heterocycles. The smallest absolute Gasteiger partial charge is 0.345 e. The molecule has 8 heteroatoms. The predicted octanol–water partition coefficient (Wildman–Crippen LogP) is 3.85. The summed E-state index contributed by atoms with van der Waals surface area (Å²) >= 11 is 0. The van der Waals surface area contributed by atoms with Crippen molar-refractivity contribution in [1.29, 1.82) is 0 Å². The molecule has 124 valence electrons. The number of hydrogen-bond donors (Lipinski definition) is 0. The minimum atomic E-state index is -4.57. The maximum Gasteiger partial charge on any atom is 0.451 e. The number of nitrogens with zero attached hydrogens (tertiary/aromatic N) is 4. The van der Waals surface area contributed by atoms with E-state index in [9.17, 15) is 17.6 Å². The van der Waals surface area contributed by atoms with E-state index >= 15 is 0 Å². The van der Waals surface area contributed by atoms with Gasteiger partial charge in [-0.05, 0) is 30.7 Å². The summed E-state index contributed by atoms with van der Waals surface area (Å²) in [5, 5.41) is 0. The third-order valence-corrected chi connectivity index (χ3v) is 3.30. The number of pyridine rings is 1. The molecule has 0 fully saturated rings. The molecule has 3 heterocycles. The van der Waals surface area contributed by atoms with Crippen molar-refractivity contribution in [3.05, 3.63) is 66.0 Å². The average Bonchev–Trinajstić information content (AvgIpc) is 2.91. The molecule has 24 heavy (non-hydrogen) atoms. The fourth-order valence-corrected chi connectivity index (χ4v) is 2.31. The lowest BCUT2D eigenvalue weighted by Crippen LogP contribution is -2.10. The summed E-state index contributed by atoms with van der Waals surface area (Å²) in [6.45, 7) is 2.12. The topological polar surface area (TPSA) is 43.6 Å². The van der Waals surface area contributed by atoms with E-state index in [0.29, 0.717) is 29.1 Å². The number of halogens is 4. The van der Waals surface area contributed by atoms with Crippen LogP contribution in [0.5, 0.6) is 0 Å². The van der Waals surface area contributed by atoms with E-state index in [-0.39, 0.29) is 5.82 Å². The average molecular weight is 336 g/mol. The minimum Gasteiger partial charge on any atom is -0.345 e. The van der Waals surface area contributed by atoms with E-state index in [0.717, 1.165) is 12.4 Å². The van der Waals surface area contributed by atoms with Crippen LogP contribution < -0.4 is 0 Å². The molecular formula is C16H12F4N4. The Bertz CT molecular complexity index is 853. The summed E-state index contributed by atoms with van der Waals surface area (Å²) in [4.78, 5) is 11.1. The van der Waals surface area contributed by atoms with E-state index in [4.69, 9.17) is 0 Å². The fraction of sp³-hybridized carbons (Fsp3) is 0.188. The van der Waals surface area contributed by atoms with E-state index in [1.807, 2.05) is 0 Å². The van der Waals surface area contributed by atoms with Gasteiger partial charge in [0.25, 0.3) is 0 Å². The molecule has 3 aromatic heterocycles. The van der Waals surface area contributed by atoms with Gasteiger partial charge < -0.3 is 4.57 Å². The monoisotopic (exact) mass is 336 g/mol. The summed E-state index contributed by atoms with van der Waals surface area (Å²) in [6.07, 6.45) is 0.606. The molecule has 0 spiro atoms. The summed E-state index contributed by atoms with van der Waals surface area (Å²) < 4.78 is 52.2. The Morgan fingerprint density at radius 2 is 1.79 bits per heavy atom. The zero-order chi connectivity index (χ0) is 17.3. The summed E-state index contributed by atoms with van der Waals surface area (Å²) in [5.41, 5.74) is 2.45. The molecule has 3 rings (SSSR count). The van der Waals surface area contributed by atoms with Crippen LogP contribution >= 0.6 is 0 Å². The highest BCUT2D eigenvalue weighted by Crippen LogP contribution is 2.27. The van der Waals surface area contributed by atoms with Crippen molar-refractivity contribution in [2.75, 3.05) is 0 Å². The van der Waals surface area contributed by atoms with E-state index < -0.39 is 12.0 Å². The van der Waals surface area contributed by atoms with Crippen molar-refractivity contribution in [3.63, 3.8) is 0 Å². The molecule has 0 radical (unpaired) electrons. The van der Waals surface area contributed by atoms with Crippen LogP contribution in [0.15, 0.2) is 43.0 Å². The molecule has 0 amide bonds. The summed E-state index contributed by atoms with van der Waals surface area (Å²) in [7, 11) is 0. The Balaban J connectivity index is 1.91. The van der Waals surface area contributed by atoms with Gasteiger partial charge >= 0.3 is 6.18 Å². The molecule has 0 bridgehead atoms. The van der Waals surface area contributed by atoms with Gasteiger partial charge in [0.2, 0.25) is 5.82 Å². The number of rotatable bonds is 3. The normalized spacial score (nSPS) is 11.7. The molecule has 0 saturated heterocycles. The molecular weight excluding hydrogens is 324 g/mol. The fourth-order valence-electron chi connectivity index (χ4n) is 2.31. The van der Waals surface area contributed by atoms with E-state index in [1.54, 1.807) is 29.8 Å². The Morgan fingerprint density at radius 3 is 2.38 bits per heavy atom. The molecule has 4 nitrogen and oxygen atoms in total. The van der Waals surface area contributed by atoms with Crippen LogP contribution in [0.2, 0.25) is 0 Å². The molecule has 0 aromatic carbocycles. The quantitative estimate of drug-likeness (QED) is 0.682. The van der Waals surface area contributed by atoms with E-state index in [2.05, 4.69) is 15.0 Å². The molecule has 0 atom stereocenters. The lowest BCUT2D eigenvalue weighted by molar-refractivity contribution is -0.144. The molecule has 0 aliphatic carbocycles. The van der Waals surface area contributed by atoms with Gasteiger partial charge in [-0.15, -0.1) is 0 Å². The molecule has 3 aromatic rings. The summed E-state index contributed by atoms with van der Waals surface area (Å²) in [6, 6.07) is 4.78. The van der Waals surface area contributed by atoms with Gasteiger partial charge in [0.1, 0.15) is 5.82 Å². The zero-order valence-corrected chi connectivity index (χ0v) is 12.5. The second-order valence-corrected chi connectivity index (χ2v) is 5.28. The standard InChI is InChI=1S/C16H12F4N4/c1-10-4-11(12-6-21-15(22-7-12)16(18,19)20)5-14(23-10)9-24-3-2-13(17)8-24/h2-8H,9H2,1H3. The largest absolute Gasteiger partial charge is 0.451 e. The first kappa shape index (κ1) is 16.1.